The fourth-order valence-electron chi connectivity index (χ4n) is 1.55. The Hall–Kier alpha value is -0.910. The van der Waals surface area contributed by atoms with Crippen LogP contribution in [0.3, 0.4) is 0 Å². The van der Waals surface area contributed by atoms with Gasteiger partial charge in [-0.15, -0.1) is 11.3 Å². The molecule has 14 heavy (non-hydrogen) atoms. The maximum Gasteiger partial charge on any atom is 0.0912 e. The maximum atomic E-state index is 5.55. The molecule has 3 N–H and O–H groups in total. The van der Waals surface area contributed by atoms with Crippen LogP contribution in [0.1, 0.15) is 23.0 Å². The van der Waals surface area contributed by atoms with Crippen LogP contribution in [0, 0.1) is 6.92 Å². The Balaban J connectivity index is 2.25. The molecule has 0 aromatic carbocycles. The number of hydrogen-bond acceptors (Lipinski definition) is 5. The first-order valence-electron chi connectivity index (χ1n) is 4.49. The molecule has 4 nitrogen and oxygen atoms in total. The summed E-state index contributed by atoms with van der Waals surface area (Å²) in [6.45, 7) is 2.75. The van der Waals surface area contributed by atoms with Gasteiger partial charge < -0.3 is 4.74 Å². The van der Waals surface area contributed by atoms with E-state index in [-0.39, 0.29) is 6.04 Å². The quantitative estimate of drug-likeness (QED) is 0.583. The fraction of sp³-hybridized carbons (Fsp3) is 0.444. The first-order chi connectivity index (χ1) is 6.83. The van der Waals surface area contributed by atoms with Gasteiger partial charge in [0.15, 0.2) is 0 Å². The van der Waals surface area contributed by atoms with E-state index >= 15 is 0 Å². The molecule has 0 saturated carbocycles. The summed E-state index contributed by atoms with van der Waals surface area (Å²) in [5.41, 5.74) is 6.88. The number of hydrazine groups is 1. The first-order valence-corrected chi connectivity index (χ1v) is 5.37. The lowest BCUT2D eigenvalue weighted by atomic mass is 10.1. The fourth-order valence-corrected chi connectivity index (χ4v) is 2.46. The Morgan fingerprint density at radius 3 is 3.07 bits per heavy atom. The molecule has 0 spiro atoms. The molecule has 76 valence electrons. The topological polar surface area (TPSA) is 60.2 Å². The van der Waals surface area contributed by atoms with Gasteiger partial charge >= 0.3 is 0 Å². The summed E-state index contributed by atoms with van der Waals surface area (Å²) in [4.78, 5) is 5.38. The highest BCUT2D eigenvalue weighted by Gasteiger charge is 2.21. The zero-order chi connectivity index (χ0) is 9.97. The number of thiazole rings is 1. The Kier molecular flexibility index (Phi) is 2.81. The van der Waals surface area contributed by atoms with Crippen molar-refractivity contribution in [1.29, 1.82) is 0 Å². The summed E-state index contributed by atoms with van der Waals surface area (Å²) >= 11 is 1.62. The lowest BCUT2D eigenvalue weighted by molar-refractivity contribution is 0.281. The first kappa shape index (κ1) is 9.64. The molecule has 2 heterocycles. The van der Waals surface area contributed by atoms with E-state index in [1.54, 1.807) is 17.6 Å². The van der Waals surface area contributed by atoms with Crippen molar-refractivity contribution in [2.45, 2.75) is 19.4 Å². The second-order valence-corrected chi connectivity index (χ2v) is 4.10. The minimum Gasteiger partial charge on any atom is -0.501 e. The van der Waals surface area contributed by atoms with E-state index in [2.05, 4.69) is 10.4 Å². The molecular formula is C9H13N3OS. The lowest BCUT2D eigenvalue weighted by Gasteiger charge is -2.14. The molecule has 1 aromatic rings. The zero-order valence-electron chi connectivity index (χ0n) is 7.99. The van der Waals surface area contributed by atoms with Crippen LogP contribution < -0.4 is 11.3 Å². The minimum atomic E-state index is 0.0602. The number of nitrogens with one attached hydrogen (secondary N) is 1. The van der Waals surface area contributed by atoms with Gasteiger partial charge in [0.25, 0.3) is 0 Å². The highest BCUT2D eigenvalue weighted by molar-refractivity contribution is 7.09. The second-order valence-electron chi connectivity index (χ2n) is 3.22. The third-order valence-corrected chi connectivity index (χ3v) is 3.32. The van der Waals surface area contributed by atoms with E-state index in [1.165, 1.54) is 10.5 Å². The van der Waals surface area contributed by atoms with Crippen LogP contribution in [0.4, 0.5) is 0 Å². The molecule has 0 fully saturated rings. The Morgan fingerprint density at radius 2 is 2.57 bits per heavy atom. The van der Waals surface area contributed by atoms with Gasteiger partial charge in [-0.25, -0.2) is 10.4 Å². The third kappa shape index (κ3) is 1.66. The van der Waals surface area contributed by atoms with E-state index in [0.29, 0.717) is 0 Å². The molecule has 1 aliphatic heterocycles. The van der Waals surface area contributed by atoms with Crippen LogP contribution in [0.5, 0.6) is 0 Å². The molecule has 1 unspecified atom stereocenters. The summed E-state index contributed by atoms with van der Waals surface area (Å²) in [5.74, 6) is 5.55. The van der Waals surface area contributed by atoms with Gasteiger partial charge in [-0.3, -0.25) is 5.84 Å². The van der Waals surface area contributed by atoms with Crippen molar-refractivity contribution in [3.05, 3.63) is 27.9 Å². The Labute approximate surface area is 86.8 Å². The molecule has 5 heteroatoms. The number of hydrogen-bond donors (Lipinski definition) is 2. The lowest BCUT2D eigenvalue weighted by Crippen LogP contribution is -2.29. The van der Waals surface area contributed by atoms with Gasteiger partial charge in [0, 0.05) is 11.3 Å². The molecular weight excluding hydrogens is 198 g/mol. The van der Waals surface area contributed by atoms with Crippen molar-refractivity contribution < 1.29 is 4.74 Å². The number of aromatic nitrogens is 1. The number of nitrogens with zero attached hydrogens (tertiary/aromatic N) is 1. The van der Waals surface area contributed by atoms with E-state index in [1.807, 2.05) is 12.4 Å². The normalized spacial score (nSPS) is 17.7. The van der Waals surface area contributed by atoms with Crippen LogP contribution in [-0.4, -0.2) is 11.6 Å². The van der Waals surface area contributed by atoms with Crippen LogP contribution in [-0.2, 0) is 4.74 Å². The van der Waals surface area contributed by atoms with Gasteiger partial charge in [0.2, 0.25) is 0 Å². The molecule has 0 aliphatic carbocycles. The largest absolute Gasteiger partial charge is 0.501 e. The molecule has 1 atom stereocenters. The summed E-state index contributed by atoms with van der Waals surface area (Å²) < 4.78 is 5.20. The Bertz CT molecular complexity index is 348. The highest BCUT2D eigenvalue weighted by atomic mass is 32.1. The summed E-state index contributed by atoms with van der Waals surface area (Å²) in [6.07, 6.45) is 2.73. The average Bonchev–Trinajstić information content (AvgIpc) is 2.80. The predicted octanol–water partition coefficient (Wildman–Crippen LogP) is 1.26. The van der Waals surface area contributed by atoms with Crippen molar-refractivity contribution in [2.24, 2.45) is 5.84 Å². The smallest absolute Gasteiger partial charge is 0.0912 e. The number of nitrogens with two attached hydrogens (primary N) is 1. The van der Waals surface area contributed by atoms with Gasteiger partial charge in [0.1, 0.15) is 0 Å². The van der Waals surface area contributed by atoms with Gasteiger partial charge in [-0.1, -0.05) is 0 Å². The molecule has 1 aromatic heterocycles. The Morgan fingerprint density at radius 1 is 1.71 bits per heavy atom. The highest BCUT2D eigenvalue weighted by Crippen LogP contribution is 2.30. The van der Waals surface area contributed by atoms with Crippen LogP contribution >= 0.6 is 11.3 Å². The van der Waals surface area contributed by atoms with Gasteiger partial charge in [0.05, 0.1) is 30.1 Å². The monoisotopic (exact) mass is 211 g/mol. The summed E-state index contributed by atoms with van der Waals surface area (Å²) in [5, 5.41) is 0. The van der Waals surface area contributed by atoms with E-state index < -0.39 is 0 Å². The molecule has 2 rings (SSSR count). The summed E-state index contributed by atoms with van der Waals surface area (Å²) in [6, 6.07) is 0.0602. The van der Waals surface area contributed by atoms with Gasteiger partial charge in [-0.2, -0.15) is 0 Å². The number of aryl methyl sites for hydroxylation is 1. The van der Waals surface area contributed by atoms with Crippen molar-refractivity contribution in [1.82, 2.24) is 10.4 Å². The SMILES string of the molecule is Cc1ncsc1C(NN)C1=COCC1. The van der Waals surface area contributed by atoms with Crippen LogP contribution in [0.15, 0.2) is 17.3 Å². The number of rotatable bonds is 3. The predicted molar refractivity (Wildman–Crippen MR) is 55.6 cm³/mol. The van der Waals surface area contributed by atoms with Gasteiger partial charge in [-0.05, 0) is 12.5 Å². The van der Waals surface area contributed by atoms with Crippen LogP contribution in [0.2, 0.25) is 0 Å². The molecule has 0 radical (unpaired) electrons. The van der Waals surface area contributed by atoms with E-state index in [0.717, 1.165) is 18.7 Å². The maximum absolute atomic E-state index is 5.55. The molecule has 0 amide bonds. The molecule has 0 bridgehead atoms. The van der Waals surface area contributed by atoms with Crippen molar-refractivity contribution in [3.8, 4) is 0 Å². The zero-order valence-corrected chi connectivity index (χ0v) is 8.80. The average molecular weight is 211 g/mol. The van der Waals surface area contributed by atoms with Crippen LogP contribution in [0.25, 0.3) is 0 Å². The van der Waals surface area contributed by atoms with Crippen molar-refractivity contribution >= 4 is 11.3 Å². The standard InChI is InChI=1S/C9H13N3OS/c1-6-9(14-5-11-6)8(12-10)7-2-3-13-4-7/h4-5,8,12H,2-3,10H2,1H3. The minimum absolute atomic E-state index is 0.0602. The second kappa shape index (κ2) is 4.08. The van der Waals surface area contributed by atoms with E-state index in [4.69, 9.17) is 10.6 Å². The van der Waals surface area contributed by atoms with Crippen molar-refractivity contribution in [2.75, 3.05) is 6.61 Å². The van der Waals surface area contributed by atoms with Crippen molar-refractivity contribution in [3.63, 3.8) is 0 Å². The summed E-state index contributed by atoms with van der Waals surface area (Å²) in [7, 11) is 0. The number of ether oxygens (including phenoxy) is 1. The third-order valence-electron chi connectivity index (χ3n) is 2.33. The van der Waals surface area contributed by atoms with E-state index in [9.17, 15) is 0 Å². The molecule has 1 aliphatic rings. The molecule has 0 saturated heterocycles.